The van der Waals surface area contributed by atoms with Crippen LogP contribution < -0.4 is 0 Å². The van der Waals surface area contributed by atoms with Crippen molar-refractivity contribution in [1.82, 2.24) is 0 Å². The van der Waals surface area contributed by atoms with Crippen molar-refractivity contribution in [3.63, 3.8) is 0 Å². The van der Waals surface area contributed by atoms with Gasteiger partial charge in [-0.2, -0.15) is 0 Å². The standard InChI is InChI=1S/C11H9ClO4S/c1-11(6-7-16-10(11)13)17(14,15)9-4-2-8(12)3-5-9/h2-7H,1H3. The van der Waals surface area contributed by atoms with Crippen molar-refractivity contribution in [2.45, 2.75) is 16.6 Å². The number of ether oxygens (including phenoxy) is 1. The third-order valence-electron chi connectivity index (χ3n) is 2.65. The van der Waals surface area contributed by atoms with Gasteiger partial charge in [-0.15, -0.1) is 0 Å². The minimum atomic E-state index is -3.82. The SMILES string of the molecule is CC1(S(=O)(=O)c2ccc(Cl)cc2)C=COC1=O. The predicted molar refractivity (Wildman–Crippen MR) is 62.3 cm³/mol. The number of hydrogen-bond donors (Lipinski definition) is 0. The summed E-state index contributed by atoms with van der Waals surface area (Å²) in [7, 11) is -3.82. The van der Waals surface area contributed by atoms with Gasteiger partial charge < -0.3 is 4.74 Å². The molecule has 0 radical (unpaired) electrons. The first-order chi connectivity index (χ1) is 7.88. The lowest BCUT2D eigenvalue weighted by Crippen LogP contribution is -2.39. The molecule has 0 saturated carbocycles. The van der Waals surface area contributed by atoms with Crippen LogP contribution in [0.15, 0.2) is 41.5 Å². The van der Waals surface area contributed by atoms with Gasteiger partial charge in [0, 0.05) is 5.02 Å². The van der Waals surface area contributed by atoms with Gasteiger partial charge >= 0.3 is 5.97 Å². The number of carbonyl (C=O) groups excluding carboxylic acids is 1. The Morgan fingerprint density at radius 2 is 1.82 bits per heavy atom. The van der Waals surface area contributed by atoms with Crippen molar-refractivity contribution < 1.29 is 17.9 Å². The lowest BCUT2D eigenvalue weighted by atomic mass is 10.2. The molecule has 1 unspecified atom stereocenters. The summed E-state index contributed by atoms with van der Waals surface area (Å²) in [6, 6.07) is 5.65. The van der Waals surface area contributed by atoms with Crippen LogP contribution in [0.5, 0.6) is 0 Å². The first-order valence-corrected chi connectivity index (χ1v) is 6.63. The normalized spacial score (nSPS) is 23.8. The summed E-state index contributed by atoms with van der Waals surface area (Å²) in [6.07, 6.45) is 2.33. The maximum atomic E-state index is 12.3. The molecule has 1 aromatic rings. The van der Waals surface area contributed by atoms with Crippen LogP contribution in [-0.4, -0.2) is 19.1 Å². The zero-order chi connectivity index (χ0) is 12.7. The molecule has 90 valence electrons. The van der Waals surface area contributed by atoms with Crippen molar-refractivity contribution in [2.75, 3.05) is 0 Å². The molecule has 0 fully saturated rings. The molecule has 17 heavy (non-hydrogen) atoms. The molecule has 4 nitrogen and oxygen atoms in total. The van der Waals surface area contributed by atoms with E-state index in [0.29, 0.717) is 5.02 Å². The minimum Gasteiger partial charge on any atom is -0.433 e. The molecule has 1 aliphatic heterocycles. The Bertz CT molecular complexity index is 588. The number of cyclic esters (lactones) is 1. The highest BCUT2D eigenvalue weighted by Crippen LogP contribution is 2.32. The lowest BCUT2D eigenvalue weighted by molar-refractivity contribution is -0.137. The highest BCUT2D eigenvalue weighted by molar-refractivity contribution is 7.93. The summed E-state index contributed by atoms with van der Waals surface area (Å²) in [5.41, 5.74) is 0. The first kappa shape index (κ1) is 12.1. The van der Waals surface area contributed by atoms with E-state index in [1.54, 1.807) is 0 Å². The van der Waals surface area contributed by atoms with Gasteiger partial charge in [0.1, 0.15) is 0 Å². The molecule has 1 aromatic carbocycles. The number of esters is 1. The Labute approximate surface area is 104 Å². The highest BCUT2D eigenvalue weighted by atomic mass is 35.5. The van der Waals surface area contributed by atoms with Gasteiger partial charge in [-0.25, -0.2) is 13.2 Å². The molecular weight excluding hydrogens is 264 g/mol. The summed E-state index contributed by atoms with van der Waals surface area (Å²) in [5, 5.41) is 0.429. The van der Waals surface area contributed by atoms with Crippen molar-refractivity contribution >= 4 is 27.4 Å². The number of sulfone groups is 1. The fourth-order valence-electron chi connectivity index (χ4n) is 1.47. The molecule has 0 spiro atoms. The second-order valence-corrected chi connectivity index (χ2v) is 6.54. The average Bonchev–Trinajstić information content (AvgIpc) is 2.61. The molecule has 1 heterocycles. The van der Waals surface area contributed by atoms with Crippen molar-refractivity contribution in [3.8, 4) is 0 Å². The number of rotatable bonds is 2. The van der Waals surface area contributed by atoms with Crippen LogP contribution in [0.2, 0.25) is 5.02 Å². The molecule has 0 N–H and O–H groups in total. The monoisotopic (exact) mass is 272 g/mol. The number of carbonyl (C=O) groups is 1. The van der Waals surface area contributed by atoms with Gasteiger partial charge in [0.25, 0.3) is 0 Å². The lowest BCUT2D eigenvalue weighted by Gasteiger charge is -2.18. The van der Waals surface area contributed by atoms with Gasteiger partial charge in [0.2, 0.25) is 0 Å². The minimum absolute atomic E-state index is 0.0351. The van der Waals surface area contributed by atoms with Crippen LogP contribution in [0.1, 0.15) is 6.92 Å². The molecule has 6 heteroatoms. The van der Waals surface area contributed by atoms with E-state index in [2.05, 4.69) is 4.74 Å². The zero-order valence-electron chi connectivity index (χ0n) is 8.88. The van der Waals surface area contributed by atoms with Crippen molar-refractivity contribution in [2.24, 2.45) is 0 Å². The van der Waals surface area contributed by atoms with Crippen LogP contribution in [0.4, 0.5) is 0 Å². The van der Waals surface area contributed by atoms with E-state index in [4.69, 9.17) is 11.6 Å². The van der Waals surface area contributed by atoms with Gasteiger partial charge in [0.15, 0.2) is 14.6 Å². The van der Waals surface area contributed by atoms with E-state index in [-0.39, 0.29) is 4.90 Å². The Balaban J connectivity index is 2.54. The first-order valence-electron chi connectivity index (χ1n) is 4.77. The van der Waals surface area contributed by atoms with E-state index in [1.807, 2.05) is 0 Å². The topological polar surface area (TPSA) is 60.4 Å². The molecule has 2 rings (SSSR count). The fourth-order valence-corrected chi connectivity index (χ4v) is 3.08. The van der Waals surface area contributed by atoms with Gasteiger partial charge in [-0.1, -0.05) is 11.6 Å². The number of halogens is 1. The van der Waals surface area contributed by atoms with Crippen molar-refractivity contribution in [3.05, 3.63) is 41.6 Å². The number of benzene rings is 1. The maximum Gasteiger partial charge on any atom is 0.336 e. The molecule has 1 aliphatic rings. The molecule has 0 aromatic heterocycles. The Kier molecular flexibility index (Phi) is 2.75. The van der Waals surface area contributed by atoms with Gasteiger partial charge in [-0.3, -0.25) is 0 Å². The highest BCUT2D eigenvalue weighted by Gasteiger charge is 2.49. The fraction of sp³-hybridized carbons (Fsp3) is 0.182. The smallest absolute Gasteiger partial charge is 0.336 e. The summed E-state index contributed by atoms with van der Waals surface area (Å²) >= 11 is 5.68. The average molecular weight is 273 g/mol. The van der Waals surface area contributed by atoms with E-state index in [9.17, 15) is 13.2 Å². The third kappa shape index (κ3) is 1.75. The maximum absolute atomic E-state index is 12.3. The number of hydrogen-bond acceptors (Lipinski definition) is 4. The second-order valence-electron chi connectivity index (χ2n) is 3.77. The third-order valence-corrected chi connectivity index (χ3v) is 5.21. The van der Waals surface area contributed by atoms with Crippen LogP contribution in [-0.2, 0) is 19.4 Å². The van der Waals surface area contributed by atoms with Crippen LogP contribution >= 0.6 is 11.6 Å². The summed E-state index contributed by atoms with van der Waals surface area (Å²) in [6.45, 7) is 1.31. The van der Waals surface area contributed by atoms with Gasteiger partial charge in [0.05, 0.1) is 11.2 Å². The molecule has 0 saturated heterocycles. The summed E-state index contributed by atoms with van der Waals surface area (Å²) in [5.74, 6) is -0.799. The van der Waals surface area contributed by atoms with Gasteiger partial charge in [-0.05, 0) is 37.3 Å². The van der Waals surface area contributed by atoms with E-state index in [0.717, 1.165) is 6.26 Å². The molecule has 0 aliphatic carbocycles. The van der Waals surface area contributed by atoms with E-state index < -0.39 is 20.6 Å². The Morgan fingerprint density at radius 3 is 2.29 bits per heavy atom. The molecule has 1 atom stereocenters. The van der Waals surface area contributed by atoms with Crippen LogP contribution in [0.3, 0.4) is 0 Å². The molecule has 0 amide bonds. The van der Waals surface area contributed by atoms with E-state index in [1.165, 1.54) is 37.3 Å². The van der Waals surface area contributed by atoms with Crippen molar-refractivity contribution in [1.29, 1.82) is 0 Å². The van der Waals surface area contributed by atoms with Crippen LogP contribution in [0, 0.1) is 0 Å². The molecule has 0 bridgehead atoms. The molecular formula is C11H9ClO4S. The van der Waals surface area contributed by atoms with Crippen LogP contribution in [0.25, 0.3) is 0 Å². The predicted octanol–water partition coefficient (Wildman–Crippen LogP) is 1.94. The largest absolute Gasteiger partial charge is 0.433 e. The summed E-state index contributed by atoms with van der Waals surface area (Å²) < 4.78 is 27.5. The Morgan fingerprint density at radius 1 is 1.24 bits per heavy atom. The quantitative estimate of drug-likeness (QED) is 0.772. The Hall–Kier alpha value is -1.33. The van der Waals surface area contributed by atoms with E-state index >= 15 is 0 Å². The second kappa shape index (κ2) is 3.85. The summed E-state index contributed by atoms with van der Waals surface area (Å²) in [4.78, 5) is 11.5. The zero-order valence-corrected chi connectivity index (χ0v) is 10.5.